The number of carbonyl (C=O) groups is 2. The number of nitrogens with one attached hydrogen (secondary N) is 2. The average Bonchev–Trinajstić information content (AvgIpc) is 2.35. The molecular weight excluding hydrogens is 252 g/mol. The van der Waals surface area contributed by atoms with Crippen LogP contribution in [-0.2, 0) is 4.79 Å². The van der Waals surface area contributed by atoms with Gasteiger partial charge in [-0.25, -0.2) is 9.78 Å². The lowest BCUT2D eigenvalue weighted by atomic mass is 10.4. The van der Waals surface area contributed by atoms with Crippen LogP contribution in [0.5, 0.6) is 0 Å². The number of nitrogens with zero attached hydrogens (tertiary/aromatic N) is 1. The highest BCUT2D eigenvalue weighted by atomic mass is 32.2. The van der Waals surface area contributed by atoms with Gasteiger partial charge >= 0.3 is 6.03 Å². The smallest absolute Gasteiger partial charge is 0.321 e. The molecule has 0 atom stereocenters. The Hall–Kier alpha value is -1.76. The fourth-order valence-corrected chi connectivity index (χ4v) is 1.70. The van der Waals surface area contributed by atoms with Crippen molar-refractivity contribution in [3.63, 3.8) is 0 Å². The molecule has 1 rings (SSSR count). The first-order chi connectivity index (χ1) is 8.61. The second-order valence-electron chi connectivity index (χ2n) is 3.52. The first kappa shape index (κ1) is 14.3. The minimum atomic E-state index is -0.465. The summed E-state index contributed by atoms with van der Waals surface area (Å²) in [5, 5.41) is 5.48. The highest BCUT2D eigenvalue weighted by Crippen LogP contribution is 2.15. The molecule has 0 aromatic carbocycles. The van der Waals surface area contributed by atoms with Gasteiger partial charge in [-0.2, -0.15) is 0 Å². The summed E-state index contributed by atoms with van der Waals surface area (Å²) in [4.78, 5) is 26.6. The fraction of sp³-hybridized carbons (Fsp3) is 0.364. The molecule has 0 bridgehead atoms. The minimum absolute atomic E-state index is 0.135. The Kier molecular flexibility index (Phi) is 5.99. The van der Waals surface area contributed by atoms with Crippen molar-refractivity contribution in [3.8, 4) is 0 Å². The van der Waals surface area contributed by atoms with Gasteiger partial charge in [0, 0.05) is 6.54 Å². The lowest BCUT2D eigenvalue weighted by molar-refractivity contribution is -0.117. The number of carbonyl (C=O) groups excluding carboxylic acids is 2. The van der Waals surface area contributed by atoms with Gasteiger partial charge in [0.25, 0.3) is 0 Å². The number of hydrogen-bond donors (Lipinski definition) is 3. The van der Waals surface area contributed by atoms with Crippen molar-refractivity contribution in [2.45, 2.75) is 18.4 Å². The van der Waals surface area contributed by atoms with E-state index in [-0.39, 0.29) is 11.7 Å². The first-order valence-corrected chi connectivity index (χ1v) is 6.52. The van der Waals surface area contributed by atoms with Gasteiger partial charge in [0.05, 0.1) is 22.7 Å². The Morgan fingerprint density at radius 1 is 1.44 bits per heavy atom. The maximum atomic E-state index is 11.4. The summed E-state index contributed by atoms with van der Waals surface area (Å²) in [7, 11) is 0. The first-order valence-electron chi connectivity index (χ1n) is 5.54. The molecule has 1 heterocycles. The third-order valence-corrected chi connectivity index (χ3v) is 2.84. The highest BCUT2D eigenvalue weighted by molar-refractivity contribution is 7.99. The molecular formula is C11H16N4O2S. The van der Waals surface area contributed by atoms with Crippen LogP contribution >= 0.6 is 11.8 Å². The predicted molar refractivity (Wildman–Crippen MR) is 71.2 cm³/mol. The molecule has 0 aliphatic carbocycles. The fourth-order valence-electron chi connectivity index (χ4n) is 1.06. The molecule has 0 unspecified atom stereocenters. The van der Waals surface area contributed by atoms with Gasteiger partial charge in [0.1, 0.15) is 0 Å². The number of pyridine rings is 1. The Labute approximate surface area is 110 Å². The van der Waals surface area contributed by atoms with Crippen molar-refractivity contribution in [1.82, 2.24) is 15.6 Å². The maximum absolute atomic E-state index is 11.4. The number of nitrogen functional groups attached to an aromatic ring is 1. The van der Waals surface area contributed by atoms with Crippen LogP contribution in [0.3, 0.4) is 0 Å². The molecule has 0 aliphatic rings. The zero-order valence-corrected chi connectivity index (χ0v) is 10.9. The van der Waals surface area contributed by atoms with Gasteiger partial charge in [-0.05, 0) is 18.6 Å². The van der Waals surface area contributed by atoms with Crippen LogP contribution in [0.1, 0.15) is 13.3 Å². The summed E-state index contributed by atoms with van der Waals surface area (Å²) < 4.78 is 0. The number of amides is 3. The van der Waals surface area contributed by atoms with Crippen molar-refractivity contribution in [1.29, 1.82) is 0 Å². The third-order valence-electron chi connectivity index (χ3n) is 1.90. The van der Waals surface area contributed by atoms with Crippen molar-refractivity contribution < 1.29 is 9.59 Å². The van der Waals surface area contributed by atoms with E-state index in [1.54, 1.807) is 12.1 Å². The number of aromatic nitrogens is 1. The SMILES string of the molecule is CCCNC(=O)NC(=O)CSc1ccc(N)cn1. The Bertz CT molecular complexity index is 408. The number of rotatable bonds is 5. The van der Waals surface area contributed by atoms with Gasteiger partial charge in [-0.1, -0.05) is 18.7 Å². The lowest BCUT2D eigenvalue weighted by Crippen LogP contribution is -2.40. The van der Waals surface area contributed by atoms with E-state index in [0.717, 1.165) is 6.42 Å². The van der Waals surface area contributed by atoms with Crippen molar-refractivity contribution in [3.05, 3.63) is 18.3 Å². The topological polar surface area (TPSA) is 97.1 Å². The zero-order chi connectivity index (χ0) is 13.4. The molecule has 1 aromatic rings. The zero-order valence-electron chi connectivity index (χ0n) is 10.1. The van der Waals surface area contributed by atoms with Gasteiger partial charge in [0.2, 0.25) is 5.91 Å². The van der Waals surface area contributed by atoms with Crippen molar-refractivity contribution >= 4 is 29.4 Å². The standard InChI is InChI=1S/C11H16N4O2S/c1-2-5-13-11(17)15-9(16)7-18-10-4-3-8(12)6-14-10/h3-4,6H,2,5,7,12H2,1H3,(H2,13,15,16,17). The summed E-state index contributed by atoms with van der Waals surface area (Å²) in [6, 6.07) is 2.97. The van der Waals surface area contributed by atoms with E-state index >= 15 is 0 Å². The van der Waals surface area contributed by atoms with Crippen LogP contribution in [0, 0.1) is 0 Å². The number of urea groups is 1. The van der Waals surface area contributed by atoms with Crippen LogP contribution in [0.4, 0.5) is 10.5 Å². The molecule has 98 valence electrons. The van der Waals surface area contributed by atoms with Crippen LogP contribution in [0.15, 0.2) is 23.4 Å². The van der Waals surface area contributed by atoms with E-state index in [0.29, 0.717) is 17.3 Å². The van der Waals surface area contributed by atoms with Gasteiger partial charge in [-0.15, -0.1) is 0 Å². The van der Waals surface area contributed by atoms with Gasteiger partial charge in [0.15, 0.2) is 0 Å². The molecule has 6 nitrogen and oxygen atoms in total. The maximum Gasteiger partial charge on any atom is 0.321 e. The number of nitrogens with two attached hydrogens (primary N) is 1. The van der Waals surface area contributed by atoms with E-state index in [1.165, 1.54) is 18.0 Å². The molecule has 0 fully saturated rings. The number of thioether (sulfide) groups is 1. The molecule has 0 spiro atoms. The second kappa shape index (κ2) is 7.54. The number of hydrogen-bond acceptors (Lipinski definition) is 5. The summed E-state index contributed by atoms with van der Waals surface area (Å²) in [5.41, 5.74) is 6.06. The summed E-state index contributed by atoms with van der Waals surface area (Å²) >= 11 is 1.24. The predicted octanol–water partition coefficient (Wildman–Crippen LogP) is 0.992. The summed E-state index contributed by atoms with van der Waals surface area (Å²) in [6.45, 7) is 2.48. The second-order valence-corrected chi connectivity index (χ2v) is 4.52. The van der Waals surface area contributed by atoms with E-state index in [1.807, 2.05) is 6.92 Å². The summed E-state index contributed by atoms with van der Waals surface area (Å²) in [5.74, 6) is -0.219. The molecule has 18 heavy (non-hydrogen) atoms. The quantitative estimate of drug-likeness (QED) is 0.692. The molecule has 4 N–H and O–H groups in total. The van der Waals surface area contributed by atoms with Crippen molar-refractivity contribution in [2.75, 3.05) is 18.0 Å². The monoisotopic (exact) mass is 268 g/mol. The van der Waals surface area contributed by atoms with Gasteiger partial charge < -0.3 is 11.1 Å². The molecule has 0 saturated heterocycles. The Balaban J connectivity index is 2.28. The average molecular weight is 268 g/mol. The largest absolute Gasteiger partial charge is 0.397 e. The van der Waals surface area contributed by atoms with Crippen LogP contribution in [0.2, 0.25) is 0 Å². The normalized spacial score (nSPS) is 9.83. The number of imide groups is 1. The lowest BCUT2D eigenvalue weighted by Gasteiger charge is -2.05. The molecule has 0 radical (unpaired) electrons. The molecule has 0 saturated carbocycles. The molecule has 1 aromatic heterocycles. The Morgan fingerprint density at radius 2 is 2.22 bits per heavy atom. The highest BCUT2D eigenvalue weighted by Gasteiger charge is 2.07. The molecule has 7 heteroatoms. The van der Waals surface area contributed by atoms with E-state index in [9.17, 15) is 9.59 Å². The van der Waals surface area contributed by atoms with E-state index in [2.05, 4.69) is 15.6 Å². The van der Waals surface area contributed by atoms with E-state index in [4.69, 9.17) is 5.73 Å². The minimum Gasteiger partial charge on any atom is -0.397 e. The Morgan fingerprint density at radius 3 is 2.83 bits per heavy atom. The van der Waals surface area contributed by atoms with Crippen LogP contribution in [0.25, 0.3) is 0 Å². The van der Waals surface area contributed by atoms with Crippen molar-refractivity contribution in [2.24, 2.45) is 0 Å². The summed E-state index contributed by atoms with van der Waals surface area (Å²) in [6.07, 6.45) is 2.35. The third kappa shape index (κ3) is 5.53. The van der Waals surface area contributed by atoms with Gasteiger partial charge in [-0.3, -0.25) is 10.1 Å². The van der Waals surface area contributed by atoms with Crippen LogP contribution in [-0.4, -0.2) is 29.2 Å². The number of anilines is 1. The molecule has 3 amide bonds. The molecule has 0 aliphatic heterocycles. The van der Waals surface area contributed by atoms with Crippen LogP contribution < -0.4 is 16.4 Å². The van der Waals surface area contributed by atoms with E-state index < -0.39 is 6.03 Å².